The van der Waals surface area contributed by atoms with E-state index in [0.29, 0.717) is 19.5 Å². The van der Waals surface area contributed by atoms with Gasteiger partial charge in [0.2, 0.25) is 5.91 Å². The van der Waals surface area contributed by atoms with Gasteiger partial charge in [0, 0.05) is 24.3 Å². The van der Waals surface area contributed by atoms with Crippen LogP contribution >= 0.6 is 0 Å². The highest BCUT2D eigenvalue weighted by atomic mass is 16.5. The molecule has 2 bridgehead atoms. The molecule has 0 spiro atoms. The molecular formula is C24H36N6O3. The summed E-state index contributed by atoms with van der Waals surface area (Å²) in [7, 11) is 1.66. The van der Waals surface area contributed by atoms with Gasteiger partial charge in [-0.2, -0.15) is 5.01 Å². The number of hydrazine groups is 1. The lowest BCUT2D eigenvalue weighted by Crippen LogP contribution is -2.69. The number of ether oxygens (including phenoxy) is 1. The summed E-state index contributed by atoms with van der Waals surface area (Å²) in [5.74, 6) is 0.756. The summed E-state index contributed by atoms with van der Waals surface area (Å²) in [5.41, 5.74) is 0.158. The van der Waals surface area contributed by atoms with Gasteiger partial charge in [-0.3, -0.25) is 25.8 Å². The lowest BCUT2D eigenvalue weighted by atomic mass is 9.85. The fourth-order valence-corrected chi connectivity index (χ4v) is 5.61. The molecule has 33 heavy (non-hydrogen) atoms. The summed E-state index contributed by atoms with van der Waals surface area (Å²) >= 11 is 0. The van der Waals surface area contributed by atoms with Crippen LogP contribution in [-0.2, 0) is 4.79 Å². The molecule has 0 aromatic heterocycles. The Bertz CT molecular complexity index is 893. The van der Waals surface area contributed by atoms with Crippen molar-refractivity contribution >= 4 is 11.6 Å². The first-order chi connectivity index (χ1) is 16.0. The predicted molar refractivity (Wildman–Crippen MR) is 126 cm³/mol. The van der Waals surface area contributed by atoms with Crippen molar-refractivity contribution in [2.24, 2.45) is 5.92 Å². The van der Waals surface area contributed by atoms with Gasteiger partial charge in [0.15, 0.2) is 0 Å². The van der Waals surface area contributed by atoms with E-state index in [4.69, 9.17) is 4.74 Å². The van der Waals surface area contributed by atoms with E-state index in [2.05, 4.69) is 38.4 Å². The molecule has 4 aliphatic heterocycles. The number of amides is 1. The van der Waals surface area contributed by atoms with Crippen LogP contribution in [0, 0.1) is 5.92 Å². The summed E-state index contributed by atoms with van der Waals surface area (Å²) in [6.45, 7) is 3.07. The zero-order valence-corrected chi connectivity index (χ0v) is 19.5. The first-order valence-electron chi connectivity index (χ1n) is 12.1. The van der Waals surface area contributed by atoms with Gasteiger partial charge in [-0.15, -0.1) is 0 Å². The molecule has 1 aromatic carbocycles. The van der Waals surface area contributed by atoms with E-state index in [1.807, 2.05) is 36.2 Å². The number of hydrogen-bond acceptors (Lipinski definition) is 8. The van der Waals surface area contributed by atoms with Gasteiger partial charge in [-0.05, 0) is 51.2 Å². The number of nitrogens with zero attached hydrogens (tertiary/aromatic N) is 2. The summed E-state index contributed by atoms with van der Waals surface area (Å²) in [6, 6.07) is 7.82. The molecule has 5 unspecified atom stereocenters. The molecule has 6 atom stereocenters. The Morgan fingerprint density at radius 1 is 1.24 bits per heavy atom. The van der Waals surface area contributed by atoms with Gasteiger partial charge in [-0.25, -0.2) is 0 Å². The van der Waals surface area contributed by atoms with Crippen molar-refractivity contribution in [3.8, 4) is 5.75 Å². The average Bonchev–Trinajstić information content (AvgIpc) is 3.09. The molecule has 4 heterocycles. The highest BCUT2D eigenvalue weighted by Crippen LogP contribution is 2.34. The van der Waals surface area contributed by atoms with E-state index in [1.54, 1.807) is 7.11 Å². The maximum Gasteiger partial charge on any atom is 0.244 e. The van der Waals surface area contributed by atoms with Gasteiger partial charge >= 0.3 is 0 Å². The molecule has 3 fully saturated rings. The summed E-state index contributed by atoms with van der Waals surface area (Å²) in [4.78, 5) is 13.4. The fraction of sp³-hybridized carbons (Fsp3) is 0.625. The lowest BCUT2D eigenvalue weighted by Gasteiger charge is -2.47. The van der Waals surface area contributed by atoms with Crippen molar-refractivity contribution in [1.29, 1.82) is 0 Å². The molecule has 4 aliphatic rings. The van der Waals surface area contributed by atoms with Crippen LogP contribution in [0.4, 0.5) is 5.69 Å². The maximum absolute atomic E-state index is 13.4. The number of benzene rings is 1. The number of methoxy groups -OCH3 is 1. The topological polar surface area (TPSA) is 101 Å². The molecule has 180 valence electrons. The van der Waals surface area contributed by atoms with Crippen LogP contribution in [0.3, 0.4) is 0 Å². The van der Waals surface area contributed by atoms with Crippen LogP contribution in [0.2, 0.25) is 0 Å². The molecule has 0 saturated carbocycles. The Labute approximate surface area is 195 Å². The highest BCUT2D eigenvalue weighted by Gasteiger charge is 2.52. The van der Waals surface area contributed by atoms with Crippen LogP contribution in [-0.4, -0.2) is 71.5 Å². The third-order valence-electron chi connectivity index (χ3n) is 7.47. The Balaban J connectivity index is 1.39. The Hall–Kier alpha value is -2.17. The number of carbonyl (C=O) groups is 1. The number of nitrogens with one attached hydrogen (secondary N) is 4. The Morgan fingerprint density at radius 2 is 2.12 bits per heavy atom. The van der Waals surface area contributed by atoms with Crippen LogP contribution in [0.5, 0.6) is 5.75 Å². The average molecular weight is 457 g/mol. The second-order valence-corrected chi connectivity index (χ2v) is 9.77. The maximum atomic E-state index is 13.4. The molecule has 5 rings (SSSR count). The number of rotatable bonds is 3. The van der Waals surface area contributed by atoms with Crippen molar-refractivity contribution in [3.63, 3.8) is 0 Å². The standard InChI is InChI=1S/C24H36N6O3/c1-24(32)12-4-3-5-13-29-22(31)18-15-25-23(26-16-8-6-9-17(14-16)33-2)28-21(18)30(29)20-11-7-10-19(24)27-20/h3,5-6,8-9,14,18-21,23,25-28,32H,4,7,10-13,15H2,1-2H3/b5-3-/t18?,19?,20?,21?,23?,24-/m1/s1. The van der Waals surface area contributed by atoms with Crippen molar-refractivity contribution < 1.29 is 14.6 Å². The normalized spacial score (nSPS) is 38.1. The molecule has 9 heteroatoms. The van der Waals surface area contributed by atoms with Gasteiger partial charge in [0.05, 0.1) is 37.5 Å². The minimum atomic E-state index is -0.778. The number of allylic oxidation sites excluding steroid dienone is 1. The third-order valence-corrected chi connectivity index (χ3v) is 7.47. The fourth-order valence-electron chi connectivity index (χ4n) is 5.61. The molecule has 0 aliphatic carbocycles. The number of aliphatic hydroxyl groups is 1. The lowest BCUT2D eigenvalue weighted by molar-refractivity contribution is -0.146. The molecule has 5 N–H and O–H groups in total. The quantitative estimate of drug-likeness (QED) is 0.432. The number of anilines is 1. The number of hydrogen-bond donors (Lipinski definition) is 5. The first-order valence-corrected chi connectivity index (χ1v) is 12.1. The van der Waals surface area contributed by atoms with Crippen molar-refractivity contribution in [3.05, 3.63) is 36.4 Å². The molecular weight excluding hydrogens is 420 g/mol. The van der Waals surface area contributed by atoms with Crippen molar-refractivity contribution in [1.82, 2.24) is 26.0 Å². The Kier molecular flexibility index (Phi) is 6.32. The minimum absolute atomic E-state index is 0.00572. The SMILES string of the molecule is COc1cccc(NC2NCC3C(=O)N4C/C=C\CC[C@@](C)(O)C5CCCC(N5)N4C3N2)c1. The second-order valence-electron chi connectivity index (χ2n) is 9.77. The number of piperidine rings is 1. The predicted octanol–water partition coefficient (Wildman–Crippen LogP) is 1.15. The van der Waals surface area contributed by atoms with E-state index in [0.717, 1.165) is 37.1 Å². The molecule has 1 amide bonds. The highest BCUT2D eigenvalue weighted by molar-refractivity contribution is 5.82. The van der Waals surface area contributed by atoms with Crippen molar-refractivity contribution in [2.75, 3.05) is 25.5 Å². The van der Waals surface area contributed by atoms with E-state index in [1.165, 1.54) is 0 Å². The summed E-state index contributed by atoms with van der Waals surface area (Å²) < 4.78 is 5.34. The van der Waals surface area contributed by atoms with Gasteiger partial charge in [0.25, 0.3) is 0 Å². The largest absolute Gasteiger partial charge is 0.497 e. The van der Waals surface area contributed by atoms with Crippen LogP contribution in [0.1, 0.15) is 39.0 Å². The molecule has 3 saturated heterocycles. The van der Waals surface area contributed by atoms with E-state index in [-0.39, 0.29) is 36.5 Å². The zero-order valence-electron chi connectivity index (χ0n) is 19.5. The number of carbonyl (C=O) groups excluding carboxylic acids is 1. The van der Waals surface area contributed by atoms with Gasteiger partial charge in [-0.1, -0.05) is 18.2 Å². The monoisotopic (exact) mass is 456 g/mol. The van der Waals surface area contributed by atoms with E-state index < -0.39 is 5.60 Å². The molecule has 0 radical (unpaired) electrons. The van der Waals surface area contributed by atoms with Crippen LogP contribution in [0.15, 0.2) is 36.4 Å². The smallest absolute Gasteiger partial charge is 0.244 e. The van der Waals surface area contributed by atoms with Crippen molar-refractivity contribution in [2.45, 2.75) is 69.3 Å². The van der Waals surface area contributed by atoms with Gasteiger partial charge < -0.3 is 15.2 Å². The molecule has 9 nitrogen and oxygen atoms in total. The number of fused-ring (bicyclic) bond motifs is 6. The van der Waals surface area contributed by atoms with Crippen LogP contribution in [0.25, 0.3) is 0 Å². The third kappa shape index (κ3) is 4.48. The van der Waals surface area contributed by atoms with Crippen LogP contribution < -0.4 is 26.0 Å². The second kappa shape index (κ2) is 9.23. The Morgan fingerprint density at radius 3 is 2.97 bits per heavy atom. The van der Waals surface area contributed by atoms with E-state index >= 15 is 0 Å². The zero-order chi connectivity index (χ0) is 23.0. The minimum Gasteiger partial charge on any atom is -0.497 e. The van der Waals surface area contributed by atoms with E-state index in [9.17, 15) is 9.90 Å². The van der Waals surface area contributed by atoms with Gasteiger partial charge in [0.1, 0.15) is 12.0 Å². The molecule has 1 aromatic rings. The summed E-state index contributed by atoms with van der Waals surface area (Å²) in [5, 5.41) is 29.5. The first kappa shape index (κ1) is 22.6. The summed E-state index contributed by atoms with van der Waals surface area (Å²) in [6.07, 6.45) is 8.22.